The Kier molecular flexibility index (Phi) is 28.3. The minimum atomic E-state index is 0.620. The van der Waals surface area contributed by atoms with Gasteiger partial charge in [0, 0.05) is 0 Å². The minimum Gasteiger partial charge on any atom is -0.247 e. The molecule has 0 aromatic carbocycles. The van der Waals surface area contributed by atoms with Crippen LogP contribution in [0.5, 0.6) is 0 Å². The van der Waals surface area contributed by atoms with Crippen LogP contribution in [0.3, 0.4) is 0 Å². The maximum Gasteiger partial charge on any atom is 0.257 e. The number of nitrogens with zero attached hydrogens (tertiary/aromatic N) is 1. The first kappa shape index (κ1) is 39.2. The van der Waals surface area contributed by atoms with Crippen LogP contribution in [0.25, 0.3) is 0 Å². The van der Waals surface area contributed by atoms with Crippen LogP contribution in [0.2, 0.25) is 0 Å². The average Bonchev–Trinajstić information content (AvgIpc) is 3.49. The van der Waals surface area contributed by atoms with Gasteiger partial charge in [0.1, 0.15) is 12.4 Å². The molecule has 1 N–H and O–H groups in total. The molecule has 2 unspecified atom stereocenters. The second kappa shape index (κ2) is 30.2. The lowest BCUT2D eigenvalue weighted by Gasteiger charge is -2.17. The molecule has 1 rings (SSSR count). The molecule has 2 nitrogen and oxygen atoms in total. The fourth-order valence-corrected chi connectivity index (χ4v) is 6.96. The maximum atomic E-state index is 3.75. The quantitative estimate of drug-likeness (QED) is 0.0623. The number of hydrogen-bond acceptors (Lipinski definition) is 0. The van der Waals surface area contributed by atoms with Crippen molar-refractivity contribution in [3.8, 4) is 0 Å². The largest absolute Gasteiger partial charge is 0.257 e. The lowest BCUT2D eigenvalue weighted by molar-refractivity contribution is -0.727. The van der Waals surface area contributed by atoms with Crippen LogP contribution < -0.4 is 4.57 Å². The van der Waals surface area contributed by atoms with E-state index >= 15 is 0 Å². The number of H-pyrrole nitrogens is 1. The van der Waals surface area contributed by atoms with E-state index in [2.05, 4.69) is 49.6 Å². The van der Waals surface area contributed by atoms with Gasteiger partial charge in [-0.25, -0.2) is 9.55 Å². The fourth-order valence-electron chi connectivity index (χ4n) is 6.96. The summed E-state index contributed by atoms with van der Waals surface area (Å²) in [5.41, 5.74) is 0. The topological polar surface area (TPSA) is 19.7 Å². The minimum absolute atomic E-state index is 0.620. The highest BCUT2D eigenvalue weighted by molar-refractivity contribution is 4.90. The van der Waals surface area contributed by atoms with Gasteiger partial charge >= 0.3 is 0 Å². The van der Waals surface area contributed by atoms with Crippen molar-refractivity contribution in [3.63, 3.8) is 0 Å². The predicted octanol–water partition coefficient (Wildman–Crippen LogP) is 14.1. The zero-order chi connectivity index (χ0) is 30.4. The van der Waals surface area contributed by atoms with Gasteiger partial charge in [0.25, 0.3) is 5.82 Å². The lowest BCUT2D eigenvalue weighted by atomic mass is 9.92. The first-order valence-corrected chi connectivity index (χ1v) is 19.8. The van der Waals surface area contributed by atoms with Gasteiger partial charge in [-0.05, 0) is 32.6 Å². The molecule has 2 atom stereocenters. The van der Waals surface area contributed by atoms with Gasteiger partial charge in [0.05, 0.1) is 12.0 Å². The number of unbranched alkanes of at least 4 members (excludes halogenated alkanes) is 25. The van der Waals surface area contributed by atoms with Gasteiger partial charge in [-0.3, -0.25) is 0 Å². The van der Waals surface area contributed by atoms with Crippen molar-refractivity contribution in [2.24, 2.45) is 0 Å². The summed E-state index contributed by atoms with van der Waals surface area (Å²) in [6.07, 6.45) is 48.7. The number of nitrogens with one attached hydrogen (secondary N) is 1. The van der Waals surface area contributed by atoms with E-state index in [1.807, 2.05) is 0 Å². The molecule has 0 aliphatic heterocycles. The second-order valence-corrected chi connectivity index (χ2v) is 14.0. The molecule has 0 saturated carbocycles. The van der Waals surface area contributed by atoms with Crippen LogP contribution in [0, 0.1) is 0 Å². The van der Waals surface area contributed by atoms with E-state index in [-0.39, 0.29) is 0 Å². The Labute approximate surface area is 266 Å². The van der Waals surface area contributed by atoms with Crippen LogP contribution in [0.15, 0.2) is 12.4 Å². The number of rotatable bonds is 33. The van der Waals surface area contributed by atoms with E-state index in [1.54, 1.807) is 0 Å². The molecule has 0 aliphatic carbocycles. The molecule has 2 heteroatoms. The third kappa shape index (κ3) is 21.8. The normalized spacial score (nSPS) is 13.1. The SMILES string of the molecule is CCCCCCCCCCCCCCC(CCCCCCCCCC)c1[nH]cc[n+]1C(C)CCCCCCCCCC. The molecule has 42 heavy (non-hydrogen) atoms. The van der Waals surface area contributed by atoms with Crippen molar-refractivity contribution in [2.45, 2.75) is 239 Å². The molecule has 0 fully saturated rings. The molecule has 248 valence electrons. The first-order valence-electron chi connectivity index (χ1n) is 19.8. The zero-order valence-electron chi connectivity index (χ0n) is 29.7. The van der Waals surface area contributed by atoms with Crippen LogP contribution >= 0.6 is 0 Å². The van der Waals surface area contributed by atoms with E-state index in [9.17, 15) is 0 Å². The van der Waals surface area contributed by atoms with Crippen molar-refractivity contribution in [1.29, 1.82) is 0 Å². The molecule has 0 aliphatic rings. The Hall–Kier alpha value is -0.790. The molecule has 1 aromatic rings. The third-order valence-corrected chi connectivity index (χ3v) is 9.89. The fraction of sp³-hybridized carbons (Fsp3) is 0.925. The van der Waals surface area contributed by atoms with E-state index in [1.165, 1.54) is 205 Å². The van der Waals surface area contributed by atoms with E-state index in [0.29, 0.717) is 12.0 Å². The molecular formula is C40H79N2+. The molecule has 1 aromatic heterocycles. The van der Waals surface area contributed by atoms with Gasteiger partial charge in [-0.1, -0.05) is 194 Å². The summed E-state index contributed by atoms with van der Waals surface area (Å²) in [7, 11) is 0. The number of aromatic amines is 1. The molecule has 0 radical (unpaired) electrons. The number of hydrogen-bond donors (Lipinski definition) is 1. The smallest absolute Gasteiger partial charge is 0.247 e. The summed E-state index contributed by atoms with van der Waals surface area (Å²) >= 11 is 0. The molecule has 0 saturated heterocycles. The summed E-state index contributed by atoms with van der Waals surface area (Å²) in [4.78, 5) is 3.75. The predicted molar refractivity (Wildman–Crippen MR) is 189 cm³/mol. The van der Waals surface area contributed by atoms with Crippen molar-refractivity contribution >= 4 is 0 Å². The summed E-state index contributed by atoms with van der Waals surface area (Å²) in [5.74, 6) is 2.25. The Balaban J connectivity index is 2.42. The van der Waals surface area contributed by atoms with E-state index in [4.69, 9.17) is 0 Å². The third-order valence-electron chi connectivity index (χ3n) is 9.89. The summed E-state index contributed by atoms with van der Waals surface area (Å²) in [6.45, 7) is 9.41. The van der Waals surface area contributed by atoms with Gasteiger partial charge in [-0.15, -0.1) is 0 Å². The Bertz CT molecular complexity index is 650. The second-order valence-electron chi connectivity index (χ2n) is 14.0. The van der Waals surface area contributed by atoms with E-state index in [0.717, 1.165) is 0 Å². The Morgan fingerprint density at radius 2 is 0.762 bits per heavy atom. The van der Waals surface area contributed by atoms with Gasteiger partial charge in [0.2, 0.25) is 0 Å². The van der Waals surface area contributed by atoms with Gasteiger partial charge in [-0.2, -0.15) is 0 Å². The zero-order valence-corrected chi connectivity index (χ0v) is 29.7. The van der Waals surface area contributed by atoms with Crippen molar-refractivity contribution < 1.29 is 4.57 Å². The molecular weight excluding hydrogens is 508 g/mol. The monoisotopic (exact) mass is 588 g/mol. The standard InChI is InChI=1S/C40H78N2/c1-5-8-11-14-17-20-21-22-23-26-29-32-35-39(34-31-28-25-19-16-13-10-7-3)40-41-36-37-42(40)38(4)33-30-27-24-18-15-12-9-6-2/h36-39H,5-35H2,1-4H3/p+1. The highest BCUT2D eigenvalue weighted by atomic mass is 15.1. The van der Waals surface area contributed by atoms with Crippen LogP contribution in [-0.4, -0.2) is 4.98 Å². The highest BCUT2D eigenvalue weighted by Gasteiger charge is 2.25. The summed E-state index contributed by atoms with van der Waals surface area (Å²) in [6, 6.07) is 0.620. The van der Waals surface area contributed by atoms with Crippen LogP contribution in [0.4, 0.5) is 0 Å². The van der Waals surface area contributed by atoms with E-state index < -0.39 is 0 Å². The van der Waals surface area contributed by atoms with Crippen LogP contribution in [-0.2, 0) is 0 Å². The summed E-state index contributed by atoms with van der Waals surface area (Å²) < 4.78 is 2.64. The Morgan fingerprint density at radius 3 is 1.12 bits per heavy atom. The van der Waals surface area contributed by atoms with Crippen molar-refractivity contribution in [2.75, 3.05) is 0 Å². The molecule has 1 heterocycles. The van der Waals surface area contributed by atoms with Gasteiger partial charge in [0.15, 0.2) is 0 Å². The van der Waals surface area contributed by atoms with Gasteiger partial charge < -0.3 is 0 Å². The number of aromatic nitrogens is 2. The number of imidazole rings is 1. The molecule has 0 spiro atoms. The maximum absolute atomic E-state index is 3.75. The van der Waals surface area contributed by atoms with Crippen molar-refractivity contribution in [1.82, 2.24) is 4.98 Å². The average molecular weight is 588 g/mol. The van der Waals surface area contributed by atoms with Crippen LogP contribution in [0.1, 0.15) is 245 Å². The highest BCUT2D eigenvalue weighted by Crippen LogP contribution is 2.27. The lowest BCUT2D eigenvalue weighted by Crippen LogP contribution is -2.41. The van der Waals surface area contributed by atoms with Crippen molar-refractivity contribution in [3.05, 3.63) is 18.2 Å². The first-order chi connectivity index (χ1) is 20.7. The molecule has 0 amide bonds. The molecule has 0 bridgehead atoms. The summed E-state index contributed by atoms with van der Waals surface area (Å²) in [5, 5.41) is 0. The Morgan fingerprint density at radius 1 is 0.452 bits per heavy atom.